The second kappa shape index (κ2) is 7.56. The molecule has 6 nitrogen and oxygen atoms in total. The highest BCUT2D eigenvalue weighted by Crippen LogP contribution is 2.28. The number of urea groups is 1. The van der Waals surface area contributed by atoms with Gasteiger partial charge in [-0.25, -0.2) is 4.79 Å². The average molecular weight is 346 g/mol. The zero-order valence-corrected chi connectivity index (χ0v) is 13.4. The van der Waals surface area contributed by atoms with Gasteiger partial charge < -0.3 is 20.7 Å². The van der Waals surface area contributed by atoms with Crippen molar-refractivity contribution in [2.24, 2.45) is 5.73 Å². The molecule has 1 atom stereocenters. The maximum atomic E-state index is 12.0. The monoisotopic (exact) mass is 345 g/mol. The minimum atomic E-state index is -0.630. The maximum absolute atomic E-state index is 12.0. The molecule has 0 spiro atoms. The molecule has 1 fully saturated rings. The number of primary amides is 1. The van der Waals surface area contributed by atoms with Gasteiger partial charge >= 0.3 is 6.03 Å². The Morgan fingerprint density at radius 3 is 2.82 bits per heavy atom. The van der Waals surface area contributed by atoms with Crippen molar-refractivity contribution in [3.05, 3.63) is 28.2 Å². The number of likely N-dealkylation sites (tertiary alicyclic amines) is 1. The Morgan fingerprint density at radius 2 is 2.14 bits per heavy atom. The van der Waals surface area contributed by atoms with Gasteiger partial charge in [0, 0.05) is 32.0 Å². The molecule has 120 valence electrons. The number of nitrogens with one attached hydrogen (secondary N) is 1. The first-order valence-corrected chi connectivity index (χ1v) is 7.64. The van der Waals surface area contributed by atoms with Crippen LogP contribution < -0.4 is 15.8 Å². The molecule has 1 aromatic carbocycles. The van der Waals surface area contributed by atoms with Gasteiger partial charge in [0.25, 0.3) is 0 Å². The number of carbonyl (C=O) groups excluding carboxylic acids is 2. The van der Waals surface area contributed by atoms with Crippen LogP contribution in [0.25, 0.3) is 0 Å². The van der Waals surface area contributed by atoms with E-state index in [2.05, 4.69) is 5.32 Å². The molecule has 3 N–H and O–H groups in total. The first kappa shape index (κ1) is 16.7. The molecule has 1 heterocycles. The number of amides is 3. The fourth-order valence-corrected chi connectivity index (χ4v) is 2.53. The molecule has 1 saturated heterocycles. The van der Waals surface area contributed by atoms with Gasteiger partial charge in [-0.05, 0) is 12.1 Å². The molecular formula is C14H17Cl2N3O3. The highest BCUT2D eigenvalue weighted by molar-refractivity contribution is 6.42. The highest BCUT2D eigenvalue weighted by atomic mass is 35.5. The fourth-order valence-electron chi connectivity index (χ4n) is 2.24. The van der Waals surface area contributed by atoms with Gasteiger partial charge in [-0.1, -0.05) is 23.2 Å². The first-order chi connectivity index (χ1) is 10.5. The van der Waals surface area contributed by atoms with E-state index in [9.17, 15) is 9.59 Å². The Kier molecular flexibility index (Phi) is 5.74. The second-order valence-corrected chi connectivity index (χ2v) is 5.80. The van der Waals surface area contributed by atoms with Crippen molar-refractivity contribution < 1.29 is 14.3 Å². The standard InChI is InChI=1S/C14H17Cl2N3O3/c15-11-2-1-9(7-12(11)16)22-10-4-6-19(8-10)13(20)3-5-18-14(17)21/h1-2,7,10H,3-6,8H2,(H3,17,18,21)/t10-/m0/s1. The van der Waals surface area contributed by atoms with E-state index in [1.807, 2.05) is 0 Å². The summed E-state index contributed by atoms with van der Waals surface area (Å²) < 4.78 is 5.81. The smallest absolute Gasteiger partial charge is 0.312 e. The van der Waals surface area contributed by atoms with Crippen LogP contribution in [0.3, 0.4) is 0 Å². The molecule has 0 aromatic heterocycles. The average Bonchev–Trinajstić information content (AvgIpc) is 2.91. The number of rotatable bonds is 5. The van der Waals surface area contributed by atoms with Crippen LogP contribution in [-0.2, 0) is 4.79 Å². The molecule has 1 aromatic rings. The van der Waals surface area contributed by atoms with Crippen molar-refractivity contribution >= 4 is 35.1 Å². The summed E-state index contributed by atoms with van der Waals surface area (Å²) in [5.74, 6) is 0.595. The van der Waals surface area contributed by atoms with Gasteiger partial charge in [0.2, 0.25) is 5.91 Å². The SMILES string of the molecule is NC(=O)NCCC(=O)N1CC[C@H](Oc2ccc(Cl)c(Cl)c2)C1. The topological polar surface area (TPSA) is 84.7 Å². The molecule has 1 aliphatic heterocycles. The van der Waals surface area contributed by atoms with Crippen LogP contribution in [0.5, 0.6) is 5.75 Å². The predicted molar refractivity (Wildman–Crippen MR) is 84.3 cm³/mol. The number of carbonyl (C=O) groups is 2. The molecule has 0 saturated carbocycles. The number of nitrogens with two attached hydrogens (primary N) is 1. The van der Waals surface area contributed by atoms with E-state index in [1.54, 1.807) is 23.1 Å². The summed E-state index contributed by atoms with van der Waals surface area (Å²) in [5, 5.41) is 3.30. The summed E-state index contributed by atoms with van der Waals surface area (Å²) in [4.78, 5) is 24.2. The number of nitrogens with zero attached hydrogens (tertiary/aromatic N) is 1. The van der Waals surface area contributed by atoms with Gasteiger partial charge in [-0.2, -0.15) is 0 Å². The van der Waals surface area contributed by atoms with E-state index >= 15 is 0 Å². The minimum absolute atomic E-state index is 0.0333. The summed E-state index contributed by atoms with van der Waals surface area (Å²) >= 11 is 11.8. The summed E-state index contributed by atoms with van der Waals surface area (Å²) in [5.41, 5.74) is 4.95. The van der Waals surface area contributed by atoms with Crippen LogP contribution >= 0.6 is 23.2 Å². The zero-order valence-electron chi connectivity index (χ0n) is 11.9. The van der Waals surface area contributed by atoms with Crippen molar-refractivity contribution in [3.63, 3.8) is 0 Å². The second-order valence-electron chi connectivity index (χ2n) is 4.99. The normalized spacial score (nSPS) is 17.4. The predicted octanol–water partition coefficient (Wildman–Crippen LogP) is 2.03. The molecule has 0 aliphatic carbocycles. The lowest BCUT2D eigenvalue weighted by atomic mass is 10.3. The molecule has 2 rings (SSSR count). The summed E-state index contributed by atoms with van der Waals surface area (Å²) in [7, 11) is 0. The van der Waals surface area contributed by atoms with Crippen LogP contribution in [-0.4, -0.2) is 42.6 Å². The van der Waals surface area contributed by atoms with Crippen LogP contribution in [0.2, 0.25) is 10.0 Å². The number of benzene rings is 1. The Labute approximate surface area is 138 Å². The Hall–Kier alpha value is -1.66. The lowest BCUT2D eigenvalue weighted by Crippen LogP contribution is -2.36. The Balaban J connectivity index is 1.80. The largest absolute Gasteiger partial charge is 0.488 e. The highest BCUT2D eigenvalue weighted by Gasteiger charge is 2.27. The lowest BCUT2D eigenvalue weighted by Gasteiger charge is -2.17. The number of hydrogen-bond donors (Lipinski definition) is 2. The van der Waals surface area contributed by atoms with E-state index in [0.717, 1.165) is 6.42 Å². The van der Waals surface area contributed by atoms with Crippen LogP contribution in [0, 0.1) is 0 Å². The molecule has 0 bridgehead atoms. The van der Waals surface area contributed by atoms with Gasteiger partial charge in [-0.15, -0.1) is 0 Å². The summed E-state index contributed by atoms with van der Waals surface area (Å²) in [6.45, 7) is 1.38. The molecule has 1 aliphatic rings. The van der Waals surface area contributed by atoms with Crippen molar-refractivity contribution in [1.29, 1.82) is 0 Å². The third kappa shape index (κ3) is 4.68. The van der Waals surface area contributed by atoms with Crippen LogP contribution in [0.15, 0.2) is 18.2 Å². The Morgan fingerprint density at radius 1 is 1.36 bits per heavy atom. The zero-order chi connectivity index (χ0) is 16.1. The molecule has 8 heteroatoms. The van der Waals surface area contributed by atoms with Crippen molar-refractivity contribution in [2.75, 3.05) is 19.6 Å². The van der Waals surface area contributed by atoms with Crippen molar-refractivity contribution in [3.8, 4) is 5.75 Å². The van der Waals surface area contributed by atoms with E-state index in [0.29, 0.717) is 28.9 Å². The van der Waals surface area contributed by atoms with E-state index in [1.165, 1.54) is 0 Å². The van der Waals surface area contributed by atoms with Gasteiger partial charge in [0.15, 0.2) is 0 Å². The van der Waals surface area contributed by atoms with Gasteiger partial charge in [0.1, 0.15) is 11.9 Å². The Bertz CT molecular complexity index is 568. The maximum Gasteiger partial charge on any atom is 0.312 e. The lowest BCUT2D eigenvalue weighted by molar-refractivity contribution is -0.130. The summed E-state index contributed by atoms with van der Waals surface area (Å²) in [6.07, 6.45) is 0.891. The van der Waals surface area contributed by atoms with Crippen LogP contribution in [0.4, 0.5) is 4.79 Å². The summed E-state index contributed by atoms with van der Waals surface area (Å²) in [6, 6.07) is 4.45. The van der Waals surface area contributed by atoms with Gasteiger partial charge in [0.05, 0.1) is 16.6 Å². The molecular weight excluding hydrogens is 329 g/mol. The molecule has 0 unspecified atom stereocenters. The van der Waals surface area contributed by atoms with Gasteiger partial charge in [-0.3, -0.25) is 4.79 Å². The van der Waals surface area contributed by atoms with Crippen molar-refractivity contribution in [1.82, 2.24) is 10.2 Å². The van der Waals surface area contributed by atoms with E-state index in [4.69, 9.17) is 33.7 Å². The minimum Gasteiger partial charge on any atom is -0.488 e. The molecule has 3 amide bonds. The molecule has 0 radical (unpaired) electrons. The van der Waals surface area contributed by atoms with E-state index < -0.39 is 6.03 Å². The number of halogens is 2. The number of ether oxygens (including phenoxy) is 1. The van der Waals surface area contributed by atoms with Crippen LogP contribution in [0.1, 0.15) is 12.8 Å². The third-order valence-corrected chi connectivity index (χ3v) is 4.07. The number of hydrogen-bond acceptors (Lipinski definition) is 3. The molecule has 22 heavy (non-hydrogen) atoms. The quantitative estimate of drug-likeness (QED) is 0.856. The van der Waals surface area contributed by atoms with E-state index in [-0.39, 0.29) is 25.0 Å². The third-order valence-electron chi connectivity index (χ3n) is 3.33. The van der Waals surface area contributed by atoms with Crippen molar-refractivity contribution in [2.45, 2.75) is 18.9 Å². The fraction of sp³-hybridized carbons (Fsp3) is 0.429. The first-order valence-electron chi connectivity index (χ1n) is 6.88.